The summed E-state index contributed by atoms with van der Waals surface area (Å²) in [7, 11) is 0. The van der Waals surface area contributed by atoms with Gasteiger partial charge in [-0.15, -0.1) is 0 Å². The Morgan fingerprint density at radius 1 is 1.42 bits per heavy atom. The molecule has 2 saturated heterocycles. The highest BCUT2D eigenvalue weighted by Crippen LogP contribution is 2.28. The minimum Gasteiger partial charge on any atom is -0.396 e. The van der Waals surface area contributed by atoms with Crippen molar-refractivity contribution in [1.82, 2.24) is 5.32 Å². The van der Waals surface area contributed by atoms with E-state index in [0.29, 0.717) is 24.5 Å². The summed E-state index contributed by atoms with van der Waals surface area (Å²) in [4.78, 5) is 0. The first-order chi connectivity index (χ1) is 5.92. The Morgan fingerprint density at radius 2 is 2.33 bits per heavy atom. The largest absolute Gasteiger partial charge is 0.396 e. The fraction of sp³-hybridized carbons (Fsp3) is 1.00. The molecule has 0 amide bonds. The van der Waals surface area contributed by atoms with Crippen molar-refractivity contribution in [3.63, 3.8) is 0 Å². The summed E-state index contributed by atoms with van der Waals surface area (Å²) < 4.78 is 5.42. The van der Waals surface area contributed by atoms with Gasteiger partial charge in [0.25, 0.3) is 0 Å². The van der Waals surface area contributed by atoms with E-state index >= 15 is 0 Å². The average molecular weight is 171 g/mol. The summed E-state index contributed by atoms with van der Waals surface area (Å²) in [6.07, 6.45) is 2.21. The Morgan fingerprint density at radius 3 is 3.17 bits per heavy atom. The van der Waals surface area contributed by atoms with Gasteiger partial charge in [0.2, 0.25) is 0 Å². The van der Waals surface area contributed by atoms with Crippen molar-refractivity contribution >= 4 is 0 Å². The van der Waals surface area contributed by atoms with E-state index in [1.54, 1.807) is 0 Å². The maximum absolute atomic E-state index is 9.15. The van der Waals surface area contributed by atoms with Crippen molar-refractivity contribution in [3.05, 3.63) is 0 Å². The molecule has 0 aliphatic carbocycles. The number of hydrogen-bond acceptors (Lipinski definition) is 3. The molecule has 3 nitrogen and oxygen atoms in total. The quantitative estimate of drug-likeness (QED) is 0.583. The Bertz CT molecular complexity index is 143. The number of nitrogens with one attached hydrogen (secondary N) is 1. The van der Waals surface area contributed by atoms with Crippen molar-refractivity contribution in [1.29, 1.82) is 0 Å². The molecule has 0 aromatic carbocycles. The average Bonchev–Trinajstić information content (AvgIpc) is 2.17. The SMILES string of the molecule is OCC1CCNC2CCOCC12. The molecule has 2 heterocycles. The molecular weight excluding hydrogens is 154 g/mol. The second kappa shape index (κ2) is 3.73. The minimum absolute atomic E-state index is 0.326. The Hall–Kier alpha value is -0.120. The summed E-state index contributed by atoms with van der Waals surface area (Å²) >= 11 is 0. The number of hydrogen-bond donors (Lipinski definition) is 2. The van der Waals surface area contributed by atoms with Crippen LogP contribution in [0.25, 0.3) is 0 Å². The van der Waals surface area contributed by atoms with Crippen LogP contribution in [0, 0.1) is 11.8 Å². The standard InChI is InChI=1S/C9H17NO2/c11-5-7-1-3-10-9-2-4-12-6-8(7)9/h7-11H,1-6H2. The van der Waals surface area contributed by atoms with E-state index in [-0.39, 0.29) is 0 Å². The minimum atomic E-state index is 0.326. The van der Waals surface area contributed by atoms with Crippen LogP contribution in [0.1, 0.15) is 12.8 Å². The van der Waals surface area contributed by atoms with E-state index in [1.165, 1.54) is 0 Å². The molecule has 0 bridgehead atoms. The van der Waals surface area contributed by atoms with Gasteiger partial charge in [-0.05, 0) is 25.3 Å². The van der Waals surface area contributed by atoms with Crippen LogP contribution >= 0.6 is 0 Å². The second-order valence-corrected chi connectivity index (χ2v) is 3.82. The lowest BCUT2D eigenvalue weighted by Crippen LogP contribution is -2.51. The number of rotatable bonds is 1. The number of aliphatic hydroxyl groups excluding tert-OH is 1. The highest BCUT2D eigenvalue weighted by Gasteiger charge is 2.34. The van der Waals surface area contributed by atoms with Gasteiger partial charge in [0.15, 0.2) is 0 Å². The predicted molar refractivity (Wildman–Crippen MR) is 45.9 cm³/mol. The van der Waals surface area contributed by atoms with E-state index in [9.17, 15) is 0 Å². The monoisotopic (exact) mass is 171 g/mol. The van der Waals surface area contributed by atoms with Crippen molar-refractivity contribution < 1.29 is 9.84 Å². The normalized spacial score (nSPS) is 42.2. The van der Waals surface area contributed by atoms with Crippen molar-refractivity contribution in [2.45, 2.75) is 18.9 Å². The number of fused-ring (bicyclic) bond motifs is 1. The maximum Gasteiger partial charge on any atom is 0.0512 e. The summed E-state index contributed by atoms with van der Waals surface area (Å²) in [6, 6.07) is 0.602. The molecule has 2 fully saturated rings. The fourth-order valence-electron chi connectivity index (χ4n) is 2.37. The maximum atomic E-state index is 9.15. The van der Waals surface area contributed by atoms with Gasteiger partial charge in [-0.2, -0.15) is 0 Å². The van der Waals surface area contributed by atoms with Crippen LogP contribution in [-0.2, 0) is 4.74 Å². The molecule has 0 aromatic rings. The Labute approximate surface area is 73.1 Å². The van der Waals surface area contributed by atoms with E-state index in [1.807, 2.05) is 0 Å². The smallest absolute Gasteiger partial charge is 0.0512 e. The van der Waals surface area contributed by atoms with Crippen LogP contribution in [0.4, 0.5) is 0 Å². The molecule has 3 unspecified atom stereocenters. The first kappa shape index (κ1) is 8.48. The lowest BCUT2D eigenvalue weighted by atomic mass is 9.79. The molecule has 2 rings (SSSR count). The number of piperidine rings is 1. The Balaban J connectivity index is 1.99. The zero-order valence-corrected chi connectivity index (χ0v) is 7.33. The molecule has 0 spiro atoms. The Kier molecular flexibility index (Phi) is 2.63. The molecule has 12 heavy (non-hydrogen) atoms. The van der Waals surface area contributed by atoms with Crippen LogP contribution in [0.5, 0.6) is 0 Å². The number of ether oxygens (including phenoxy) is 1. The summed E-state index contributed by atoms with van der Waals surface area (Å²) in [6.45, 7) is 3.10. The molecular formula is C9H17NO2. The van der Waals surface area contributed by atoms with Crippen LogP contribution in [-0.4, -0.2) is 37.5 Å². The fourth-order valence-corrected chi connectivity index (χ4v) is 2.37. The van der Waals surface area contributed by atoms with E-state index < -0.39 is 0 Å². The molecule has 0 saturated carbocycles. The lowest BCUT2D eigenvalue weighted by molar-refractivity contribution is -0.0215. The molecule has 70 valence electrons. The van der Waals surface area contributed by atoms with Crippen LogP contribution in [0.3, 0.4) is 0 Å². The highest BCUT2D eigenvalue weighted by molar-refractivity contribution is 4.88. The van der Waals surface area contributed by atoms with Crippen LogP contribution in [0.15, 0.2) is 0 Å². The molecule has 0 aromatic heterocycles. The van der Waals surface area contributed by atoms with Crippen LogP contribution in [0.2, 0.25) is 0 Å². The summed E-state index contributed by atoms with van der Waals surface area (Å²) in [5, 5.41) is 12.6. The highest BCUT2D eigenvalue weighted by atomic mass is 16.5. The van der Waals surface area contributed by atoms with Gasteiger partial charge >= 0.3 is 0 Å². The topological polar surface area (TPSA) is 41.5 Å². The van der Waals surface area contributed by atoms with E-state index in [0.717, 1.165) is 32.6 Å². The van der Waals surface area contributed by atoms with Gasteiger partial charge < -0.3 is 15.2 Å². The van der Waals surface area contributed by atoms with Crippen molar-refractivity contribution in [3.8, 4) is 0 Å². The van der Waals surface area contributed by atoms with Gasteiger partial charge in [-0.1, -0.05) is 0 Å². The third-order valence-corrected chi connectivity index (χ3v) is 3.16. The van der Waals surface area contributed by atoms with E-state index in [4.69, 9.17) is 9.84 Å². The zero-order valence-electron chi connectivity index (χ0n) is 7.33. The molecule has 3 heteroatoms. The first-order valence-corrected chi connectivity index (χ1v) is 4.84. The molecule has 2 aliphatic heterocycles. The van der Waals surface area contributed by atoms with Gasteiger partial charge in [0, 0.05) is 25.2 Å². The van der Waals surface area contributed by atoms with Crippen molar-refractivity contribution in [2.24, 2.45) is 11.8 Å². The molecule has 0 radical (unpaired) electrons. The van der Waals surface area contributed by atoms with Gasteiger partial charge in [0.05, 0.1) is 6.61 Å². The van der Waals surface area contributed by atoms with Crippen LogP contribution < -0.4 is 5.32 Å². The molecule has 2 N–H and O–H groups in total. The lowest BCUT2D eigenvalue weighted by Gasteiger charge is -2.41. The molecule has 3 atom stereocenters. The summed E-state index contributed by atoms with van der Waals surface area (Å²) in [5.74, 6) is 1.02. The number of aliphatic hydroxyl groups is 1. The second-order valence-electron chi connectivity index (χ2n) is 3.82. The third-order valence-electron chi connectivity index (χ3n) is 3.16. The predicted octanol–water partition coefficient (Wildman–Crippen LogP) is -0.00670. The summed E-state index contributed by atoms with van der Waals surface area (Å²) in [5.41, 5.74) is 0. The van der Waals surface area contributed by atoms with Gasteiger partial charge in [0.1, 0.15) is 0 Å². The van der Waals surface area contributed by atoms with E-state index in [2.05, 4.69) is 5.32 Å². The van der Waals surface area contributed by atoms with Gasteiger partial charge in [-0.3, -0.25) is 0 Å². The molecule has 2 aliphatic rings. The van der Waals surface area contributed by atoms with Crippen molar-refractivity contribution in [2.75, 3.05) is 26.4 Å². The third kappa shape index (κ3) is 1.49. The van der Waals surface area contributed by atoms with Gasteiger partial charge in [-0.25, -0.2) is 0 Å². The first-order valence-electron chi connectivity index (χ1n) is 4.84. The zero-order chi connectivity index (χ0) is 8.39.